The summed E-state index contributed by atoms with van der Waals surface area (Å²) in [5.41, 5.74) is 0.273. The number of aliphatic hydroxyl groups is 1. The minimum Gasteiger partial charge on any atom is -0.508 e. The van der Waals surface area contributed by atoms with Crippen LogP contribution in [-0.2, 0) is 30.3 Å². The molecule has 0 aromatic heterocycles. The molecule has 1 heterocycles. The van der Waals surface area contributed by atoms with Crippen LogP contribution < -0.4 is 5.32 Å². The zero-order valence-electron chi connectivity index (χ0n) is 20.3. The molecule has 12 heteroatoms. The number of phenolic OH excluding ortho intramolecular Hbond substituents is 1. The summed E-state index contributed by atoms with van der Waals surface area (Å²) in [4.78, 5) is 28.1. The lowest BCUT2D eigenvalue weighted by Gasteiger charge is -2.41. The van der Waals surface area contributed by atoms with Gasteiger partial charge in [0.2, 0.25) is 0 Å². The number of benzene rings is 1. The number of aliphatic hydroxyl groups excluding tert-OH is 1. The van der Waals surface area contributed by atoms with Crippen molar-refractivity contribution in [3.8, 4) is 5.75 Å². The van der Waals surface area contributed by atoms with E-state index in [9.17, 15) is 33.0 Å². The molecule has 9 nitrogen and oxygen atoms in total. The lowest BCUT2D eigenvalue weighted by atomic mass is 9.94. The third-order valence-electron chi connectivity index (χ3n) is 5.19. The molecule has 1 aromatic carbocycles. The highest BCUT2D eigenvalue weighted by Gasteiger charge is 2.46. The molecule has 3 N–H and O–H groups in total. The molecule has 0 bridgehead atoms. The third kappa shape index (κ3) is 8.64. The van der Waals surface area contributed by atoms with Crippen LogP contribution in [0.4, 0.5) is 13.2 Å². The summed E-state index contributed by atoms with van der Waals surface area (Å²) in [5, 5.41) is 24.2. The standard InChI is InChI=1S/C23H33F3N2O7/c1-13-20(34-12-22(3,4)5)33-11-17(27-13)19(31)18(10-15-7-6-8-16(30)9-15)28(14(2)29)35-21(32)23(24,25)26/h6-9,13,17-20,27,30-31H,10-12H2,1-5H3/t13-,17+,18-,19-,20-/m0/s1. The normalized spacial score (nSPS) is 22.8. The van der Waals surface area contributed by atoms with Crippen molar-refractivity contribution in [1.82, 2.24) is 10.4 Å². The number of nitrogens with zero attached hydrogens (tertiary/aromatic N) is 1. The molecule has 0 saturated carbocycles. The van der Waals surface area contributed by atoms with Crippen molar-refractivity contribution in [2.45, 2.75) is 77.7 Å². The number of carbonyl (C=O) groups excluding carboxylic acids is 2. The molecule has 198 valence electrons. The van der Waals surface area contributed by atoms with Gasteiger partial charge in [0, 0.05) is 6.92 Å². The van der Waals surface area contributed by atoms with E-state index in [-0.39, 0.29) is 29.3 Å². The average molecular weight is 507 g/mol. The van der Waals surface area contributed by atoms with Crippen LogP contribution in [0.15, 0.2) is 24.3 Å². The van der Waals surface area contributed by atoms with Gasteiger partial charge in [0.05, 0.1) is 31.4 Å². The fraction of sp³-hybridized carbons (Fsp3) is 0.652. The molecule has 0 unspecified atom stereocenters. The second-order valence-electron chi connectivity index (χ2n) is 9.79. The largest absolute Gasteiger partial charge is 0.508 e. The zero-order chi connectivity index (χ0) is 26.6. The number of morpholine rings is 1. The second kappa shape index (κ2) is 11.5. The summed E-state index contributed by atoms with van der Waals surface area (Å²) in [5.74, 6) is -3.75. The van der Waals surface area contributed by atoms with Gasteiger partial charge in [0.25, 0.3) is 5.91 Å². The average Bonchev–Trinajstić information content (AvgIpc) is 2.73. The zero-order valence-corrected chi connectivity index (χ0v) is 20.3. The van der Waals surface area contributed by atoms with Gasteiger partial charge in [-0.15, -0.1) is 0 Å². The summed E-state index contributed by atoms with van der Waals surface area (Å²) in [6.07, 6.45) is -7.73. The van der Waals surface area contributed by atoms with Crippen LogP contribution >= 0.6 is 0 Å². The van der Waals surface area contributed by atoms with Gasteiger partial charge in [-0.25, -0.2) is 4.79 Å². The van der Waals surface area contributed by atoms with Gasteiger partial charge in [0.1, 0.15) is 11.8 Å². The molecule has 0 aliphatic carbocycles. The van der Waals surface area contributed by atoms with Crippen molar-refractivity contribution >= 4 is 11.9 Å². The Morgan fingerprint density at radius 2 is 1.94 bits per heavy atom. The van der Waals surface area contributed by atoms with Crippen LogP contribution in [0.25, 0.3) is 0 Å². The minimum absolute atomic E-state index is 0.0875. The highest BCUT2D eigenvalue weighted by atomic mass is 19.4. The number of aromatic hydroxyl groups is 1. The number of carbonyl (C=O) groups is 2. The Balaban J connectivity index is 2.26. The molecule has 1 saturated heterocycles. The lowest BCUT2D eigenvalue weighted by molar-refractivity contribution is -0.251. The van der Waals surface area contributed by atoms with Crippen molar-refractivity contribution in [1.29, 1.82) is 0 Å². The monoisotopic (exact) mass is 506 g/mol. The van der Waals surface area contributed by atoms with Gasteiger partial charge in [-0.1, -0.05) is 32.9 Å². The van der Waals surface area contributed by atoms with Crippen LogP contribution in [-0.4, -0.2) is 77.1 Å². The lowest BCUT2D eigenvalue weighted by Crippen LogP contribution is -2.63. The van der Waals surface area contributed by atoms with E-state index >= 15 is 0 Å². The van der Waals surface area contributed by atoms with Crippen molar-refractivity contribution < 1.29 is 47.3 Å². The van der Waals surface area contributed by atoms with Crippen molar-refractivity contribution in [3.63, 3.8) is 0 Å². The predicted octanol–water partition coefficient (Wildman–Crippen LogP) is 2.30. The maximum atomic E-state index is 12.9. The van der Waals surface area contributed by atoms with E-state index in [0.29, 0.717) is 12.2 Å². The van der Waals surface area contributed by atoms with Crippen molar-refractivity contribution in [3.05, 3.63) is 29.8 Å². The molecule has 35 heavy (non-hydrogen) atoms. The Labute approximate surface area is 202 Å². The third-order valence-corrected chi connectivity index (χ3v) is 5.19. The Hall–Kier alpha value is -2.41. The SMILES string of the molecule is CC(=O)N(OC(=O)C(F)(F)F)[C@@H](Cc1cccc(O)c1)[C@@H](O)[C@H]1CO[C@@H](OCC(C)(C)C)[C@H](C)N1. The van der Waals surface area contributed by atoms with Crippen LogP contribution in [0.5, 0.6) is 5.75 Å². The van der Waals surface area contributed by atoms with E-state index in [1.165, 1.54) is 18.2 Å². The number of rotatable bonds is 7. The van der Waals surface area contributed by atoms with E-state index < -0.39 is 48.6 Å². The Kier molecular flexibility index (Phi) is 9.51. The maximum absolute atomic E-state index is 12.9. The number of halogens is 3. The van der Waals surface area contributed by atoms with Crippen molar-refractivity contribution in [2.75, 3.05) is 13.2 Å². The molecular formula is C23H33F3N2O7. The first kappa shape index (κ1) is 28.8. The summed E-state index contributed by atoms with van der Waals surface area (Å²) in [7, 11) is 0. The molecule has 1 aromatic rings. The molecule has 1 aliphatic heterocycles. The number of hydroxylamine groups is 2. The van der Waals surface area contributed by atoms with Crippen LogP contribution in [0.1, 0.15) is 40.2 Å². The molecule has 0 spiro atoms. The number of alkyl halides is 3. The summed E-state index contributed by atoms with van der Waals surface area (Å²) in [6, 6.07) is 3.08. The summed E-state index contributed by atoms with van der Waals surface area (Å²) < 4.78 is 50.1. The van der Waals surface area contributed by atoms with Gasteiger partial charge >= 0.3 is 12.1 Å². The topological polar surface area (TPSA) is 118 Å². The van der Waals surface area contributed by atoms with Crippen LogP contribution in [0.2, 0.25) is 0 Å². The molecule has 1 fully saturated rings. The fourth-order valence-electron chi connectivity index (χ4n) is 3.57. The number of phenols is 1. The highest BCUT2D eigenvalue weighted by Crippen LogP contribution is 2.25. The minimum atomic E-state index is -5.35. The Morgan fingerprint density at radius 1 is 1.29 bits per heavy atom. The van der Waals surface area contributed by atoms with Gasteiger partial charge in [0.15, 0.2) is 6.29 Å². The Bertz CT molecular complexity index is 875. The smallest absolute Gasteiger partial charge is 0.493 e. The number of hydrogen-bond donors (Lipinski definition) is 3. The predicted molar refractivity (Wildman–Crippen MR) is 118 cm³/mol. The molecule has 0 radical (unpaired) electrons. The molecule has 5 atom stereocenters. The maximum Gasteiger partial charge on any atom is 0.493 e. The van der Waals surface area contributed by atoms with Crippen molar-refractivity contribution in [2.24, 2.45) is 5.41 Å². The number of ether oxygens (including phenoxy) is 2. The summed E-state index contributed by atoms with van der Waals surface area (Å²) in [6.45, 7) is 8.96. The van der Waals surface area contributed by atoms with Gasteiger partial charge in [-0.3, -0.25) is 4.79 Å². The first-order chi connectivity index (χ1) is 16.1. The number of amides is 1. The van der Waals surface area contributed by atoms with Crippen LogP contribution in [0.3, 0.4) is 0 Å². The van der Waals surface area contributed by atoms with Gasteiger partial charge < -0.3 is 29.8 Å². The van der Waals surface area contributed by atoms with Gasteiger partial charge in [-0.05, 0) is 36.5 Å². The first-order valence-electron chi connectivity index (χ1n) is 11.1. The van der Waals surface area contributed by atoms with E-state index in [2.05, 4.69) is 10.2 Å². The first-order valence-corrected chi connectivity index (χ1v) is 11.1. The van der Waals surface area contributed by atoms with Gasteiger partial charge in [-0.2, -0.15) is 18.2 Å². The molecule has 1 amide bonds. The van der Waals surface area contributed by atoms with E-state index in [1.54, 1.807) is 13.0 Å². The quantitative estimate of drug-likeness (QED) is 0.483. The summed E-state index contributed by atoms with van der Waals surface area (Å²) >= 11 is 0. The van der Waals surface area contributed by atoms with E-state index in [0.717, 1.165) is 6.92 Å². The number of hydrogen-bond acceptors (Lipinski definition) is 8. The number of nitrogens with one attached hydrogen (secondary N) is 1. The molecular weight excluding hydrogens is 473 g/mol. The molecule has 2 rings (SSSR count). The second-order valence-corrected chi connectivity index (χ2v) is 9.79. The van der Waals surface area contributed by atoms with E-state index in [1.807, 2.05) is 20.8 Å². The van der Waals surface area contributed by atoms with E-state index in [4.69, 9.17) is 9.47 Å². The highest BCUT2D eigenvalue weighted by molar-refractivity contribution is 5.79. The Morgan fingerprint density at radius 3 is 2.46 bits per heavy atom. The molecule has 1 aliphatic rings. The fourth-order valence-corrected chi connectivity index (χ4v) is 3.57. The van der Waals surface area contributed by atoms with Crippen LogP contribution in [0, 0.1) is 5.41 Å².